The molecule has 1 amide bonds. The summed E-state index contributed by atoms with van der Waals surface area (Å²) in [5.74, 6) is 1.18. The molecule has 5 nitrogen and oxygen atoms in total. The summed E-state index contributed by atoms with van der Waals surface area (Å²) < 4.78 is 3.65. The highest BCUT2D eigenvalue weighted by atomic mass is 16.2. The van der Waals surface area contributed by atoms with Gasteiger partial charge in [-0.15, -0.1) is 0 Å². The zero-order chi connectivity index (χ0) is 22.6. The number of benzene rings is 4. The summed E-state index contributed by atoms with van der Waals surface area (Å²) in [6.07, 6.45) is 0. The molecule has 1 aromatic heterocycles. The Morgan fingerprint density at radius 1 is 0.727 bits per heavy atom. The fourth-order valence-corrected chi connectivity index (χ4v) is 3.72. The van der Waals surface area contributed by atoms with Crippen molar-refractivity contribution in [3.05, 3.63) is 126 Å². The van der Waals surface area contributed by atoms with E-state index in [4.69, 9.17) is 5.10 Å². The maximum atomic E-state index is 13.3. The number of aromatic nitrogens is 3. The SMILES string of the molecule is Cc1ccc(C(=O)Nn2c(-c3ccccc3)n[n+](-c3ccccc3)c2-c2ccccc2)cc1. The van der Waals surface area contributed by atoms with E-state index in [1.54, 1.807) is 4.68 Å². The predicted octanol–water partition coefficient (Wildman–Crippen LogP) is 5.19. The molecule has 0 radical (unpaired) electrons. The van der Waals surface area contributed by atoms with Gasteiger partial charge in [-0.05, 0) is 60.6 Å². The Kier molecular flexibility index (Phi) is 5.52. The van der Waals surface area contributed by atoms with Gasteiger partial charge in [-0.3, -0.25) is 4.79 Å². The van der Waals surface area contributed by atoms with Crippen LogP contribution in [0.1, 0.15) is 15.9 Å². The molecular formula is C28H23N4O+. The minimum Gasteiger partial charge on any atom is -0.266 e. The van der Waals surface area contributed by atoms with Gasteiger partial charge < -0.3 is 0 Å². The van der Waals surface area contributed by atoms with Crippen molar-refractivity contribution >= 4 is 5.91 Å². The van der Waals surface area contributed by atoms with Crippen molar-refractivity contribution < 1.29 is 9.48 Å². The van der Waals surface area contributed by atoms with Gasteiger partial charge in [-0.1, -0.05) is 81.7 Å². The summed E-state index contributed by atoms with van der Waals surface area (Å²) in [5, 5.41) is 4.95. The first-order chi connectivity index (χ1) is 16.2. The van der Waals surface area contributed by atoms with Crippen LogP contribution < -0.4 is 10.1 Å². The quantitative estimate of drug-likeness (QED) is 0.390. The first-order valence-electron chi connectivity index (χ1n) is 10.8. The molecule has 0 aliphatic heterocycles. The molecule has 0 saturated carbocycles. The lowest BCUT2D eigenvalue weighted by molar-refractivity contribution is -0.645. The number of carbonyl (C=O) groups excluding carboxylic acids is 1. The van der Waals surface area contributed by atoms with E-state index in [-0.39, 0.29) is 5.91 Å². The third-order valence-electron chi connectivity index (χ3n) is 5.41. The van der Waals surface area contributed by atoms with Gasteiger partial charge in [0.05, 0.1) is 5.56 Å². The Morgan fingerprint density at radius 2 is 1.27 bits per heavy atom. The molecule has 1 heterocycles. The second-order valence-electron chi connectivity index (χ2n) is 7.77. The van der Waals surface area contributed by atoms with E-state index in [1.807, 2.05) is 127 Å². The first-order valence-corrected chi connectivity index (χ1v) is 10.8. The lowest BCUT2D eigenvalue weighted by Crippen LogP contribution is -2.36. The second-order valence-corrected chi connectivity index (χ2v) is 7.77. The van der Waals surface area contributed by atoms with Crippen LogP contribution >= 0.6 is 0 Å². The van der Waals surface area contributed by atoms with Crippen LogP contribution in [0.3, 0.4) is 0 Å². The van der Waals surface area contributed by atoms with Crippen LogP contribution in [-0.4, -0.2) is 15.7 Å². The third kappa shape index (κ3) is 4.16. The Morgan fingerprint density at radius 3 is 1.88 bits per heavy atom. The minimum absolute atomic E-state index is 0.207. The van der Waals surface area contributed by atoms with Gasteiger partial charge in [0.15, 0.2) is 5.69 Å². The monoisotopic (exact) mass is 431 g/mol. The smallest absolute Gasteiger partial charge is 0.266 e. The van der Waals surface area contributed by atoms with Gasteiger partial charge >= 0.3 is 5.82 Å². The highest BCUT2D eigenvalue weighted by Crippen LogP contribution is 2.24. The molecule has 0 saturated heterocycles. The Hall–Kier alpha value is -4.51. The highest BCUT2D eigenvalue weighted by molar-refractivity contribution is 6.00. The van der Waals surface area contributed by atoms with E-state index in [0.717, 1.165) is 28.2 Å². The second kappa shape index (κ2) is 8.93. The molecule has 5 aromatic rings. The number of nitrogens with one attached hydrogen (secondary N) is 1. The fourth-order valence-electron chi connectivity index (χ4n) is 3.72. The lowest BCUT2D eigenvalue weighted by Gasteiger charge is -2.07. The van der Waals surface area contributed by atoms with Crippen molar-refractivity contribution in [2.45, 2.75) is 6.92 Å². The number of nitrogens with zero attached hydrogens (tertiary/aromatic N) is 3. The van der Waals surface area contributed by atoms with E-state index in [1.165, 1.54) is 0 Å². The van der Waals surface area contributed by atoms with Crippen molar-refractivity contribution in [2.24, 2.45) is 0 Å². The molecule has 5 heteroatoms. The molecule has 160 valence electrons. The highest BCUT2D eigenvalue weighted by Gasteiger charge is 2.31. The third-order valence-corrected chi connectivity index (χ3v) is 5.41. The van der Waals surface area contributed by atoms with Gasteiger partial charge in [-0.25, -0.2) is 0 Å². The summed E-state index contributed by atoms with van der Waals surface area (Å²) in [4.78, 5) is 13.3. The maximum absolute atomic E-state index is 13.3. The molecule has 0 spiro atoms. The van der Waals surface area contributed by atoms with Gasteiger partial charge in [0.2, 0.25) is 0 Å². The minimum atomic E-state index is -0.207. The van der Waals surface area contributed by atoms with E-state index in [9.17, 15) is 4.79 Å². The summed E-state index contributed by atoms with van der Waals surface area (Å²) in [6, 6.07) is 37.3. The summed E-state index contributed by atoms with van der Waals surface area (Å²) >= 11 is 0. The fraction of sp³-hybridized carbons (Fsp3) is 0.0357. The first kappa shape index (κ1) is 20.4. The van der Waals surface area contributed by atoms with Crippen LogP contribution in [0.5, 0.6) is 0 Å². The number of carbonyl (C=O) groups is 1. The van der Waals surface area contributed by atoms with Crippen molar-refractivity contribution in [1.29, 1.82) is 0 Å². The number of para-hydroxylation sites is 1. The van der Waals surface area contributed by atoms with E-state index in [0.29, 0.717) is 11.4 Å². The average molecular weight is 432 g/mol. The van der Waals surface area contributed by atoms with Crippen LogP contribution in [0.2, 0.25) is 0 Å². The van der Waals surface area contributed by atoms with E-state index in [2.05, 4.69) is 5.43 Å². The molecule has 1 N–H and O–H groups in total. The summed E-state index contributed by atoms with van der Waals surface area (Å²) in [7, 11) is 0. The van der Waals surface area contributed by atoms with E-state index < -0.39 is 0 Å². The van der Waals surface area contributed by atoms with Crippen LogP contribution in [-0.2, 0) is 0 Å². The standard InChI is InChI=1S/C28H22N4O/c1-21-17-19-23(20-18-21)27(33)30-32-26(22-11-5-2-6-12-22)29-31(25-15-9-4-10-16-25)28(32)24-13-7-3-8-14-24/h2-20H,1H3/p+1. The molecule has 0 aliphatic rings. The van der Waals surface area contributed by atoms with Gasteiger partial charge in [0.1, 0.15) is 0 Å². The summed E-state index contributed by atoms with van der Waals surface area (Å²) in [5.41, 5.74) is 7.51. The zero-order valence-corrected chi connectivity index (χ0v) is 18.2. The van der Waals surface area contributed by atoms with Crippen molar-refractivity contribution in [3.8, 4) is 28.5 Å². The molecule has 5 rings (SSSR count). The van der Waals surface area contributed by atoms with Gasteiger partial charge in [0, 0.05) is 11.1 Å². The molecule has 0 aliphatic carbocycles. The van der Waals surface area contributed by atoms with Crippen molar-refractivity contribution in [3.63, 3.8) is 0 Å². The van der Waals surface area contributed by atoms with Crippen LogP contribution in [0, 0.1) is 6.92 Å². The number of hydrogen-bond donors (Lipinski definition) is 1. The largest absolute Gasteiger partial charge is 0.340 e. The number of hydrogen-bond acceptors (Lipinski definition) is 2. The zero-order valence-electron chi connectivity index (χ0n) is 18.2. The Bertz CT molecular complexity index is 1380. The van der Waals surface area contributed by atoms with E-state index >= 15 is 0 Å². The lowest BCUT2D eigenvalue weighted by atomic mass is 10.1. The van der Waals surface area contributed by atoms with Crippen LogP contribution in [0.25, 0.3) is 28.5 Å². The average Bonchev–Trinajstić information content (AvgIpc) is 3.25. The van der Waals surface area contributed by atoms with Crippen LogP contribution in [0.4, 0.5) is 0 Å². The molecule has 4 aromatic carbocycles. The molecule has 0 fully saturated rings. The van der Waals surface area contributed by atoms with Gasteiger partial charge in [-0.2, -0.15) is 5.43 Å². The number of rotatable bonds is 5. The molecule has 0 unspecified atom stereocenters. The molecule has 0 bridgehead atoms. The predicted molar refractivity (Wildman–Crippen MR) is 130 cm³/mol. The Balaban J connectivity index is 1.73. The molecular weight excluding hydrogens is 408 g/mol. The summed E-state index contributed by atoms with van der Waals surface area (Å²) in [6.45, 7) is 2.00. The number of aryl methyl sites for hydroxylation is 1. The van der Waals surface area contributed by atoms with Crippen molar-refractivity contribution in [2.75, 3.05) is 5.43 Å². The normalized spacial score (nSPS) is 10.7. The van der Waals surface area contributed by atoms with Gasteiger partial charge in [0.25, 0.3) is 11.7 Å². The Labute approximate surface area is 192 Å². The maximum Gasteiger partial charge on any atom is 0.340 e. The number of amides is 1. The molecule has 0 atom stereocenters. The topological polar surface area (TPSA) is 50.8 Å². The van der Waals surface area contributed by atoms with Crippen molar-refractivity contribution in [1.82, 2.24) is 9.77 Å². The molecule has 33 heavy (non-hydrogen) atoms. The van der Waals surface area contributed by atoms with Crippen LogP contribution in [0.15, 0.2) is 115 Å².